The standard InChI is InChI=1S/C21H19ClN2O6/c1-28-19-8-5-14(10-20(19)29-2)12-23(13-16-4-3-9-30-16)21(25)15-6-7-17(22)18(11-15)24(26)27/h3-11H,12-13H2,1-2H3. The van der Waals surface area contributed by atoms with Crippen molar-refractivity contribution < 1.29 is 23.6 Å². The predicted octanol–water partition coefficient (Wildman–Crippen LogP) is 4.70. The van der Waals surface area contributed by atoms with Crippen LogP contribution in [0.15, 0.2) is 59.2 Å². The zero-order chi connectivity index (χ0) is 21.7. The van der Waals surface area contributed by atoms with Crippen LogP contribution in [-0.4, -0.2) is 29.9 Å². The monoisotopic (exact) mass is 430 g/mol. The van der Waals surface area contributed by atoms with Crippen molar-refractivity contribution in [2.75, 3.05) is 14.2 Å². The van der Waals surface area contributed by atoms with Gasteiger partial charge < -0.3 is 18.8 Å². The van der Waals surface area contributed by atoms with E-state index in [9.17, 15) is 14.9 Å². The highest BCUT2D eigenvalue weighted by Crippen LogP contribution is 2.29. The van der Waals surface area contributed by atoms with Crippen molar-refractivity contribution >= 4 is 23.2 Å². The molecule has 0 fully saturated rings. The average molecular weight is 431 g/mol. The maximum absolute atomic E-state index is 13.2. The summed E-state index contributed by atoms with van der Waals surface area (Å²) in [6.07, 6.45) is 1.52. The van der Waals surface area contributed by atoms with Gasteiger partial charge in [0.2, 0.25) is 0 Å². The van der Waals surface area contributed by atoms with Gasteiger partial charge in [-0.05, 0) is 42.0 Å². The second-order valence-corrected chi connectivity index (χ2v) is 6.76. The third-order valence-electron chi connectivity index (χ3n) is 4.43. The van der Waals surface area contributed by atoms with Crippen molar-refractivity contribution in [2.24, 2.45) is 0 Å². The van der Waals surface area contributed by atoms with Crippen LogP contribution in [-0.2, 0) is 13.1 Å². The van der Waals surface area contributed by atoms with Gasteiger partial charge in [-0.25, -0.2) is 0 Å². The van der Waals surface area contributed by atoms with Gasteiger partial charge in [-0.2, -0.15) is 0 Å². The Hall–Kier alpha value is -3.52. The van der Waals surface area contributed by atoms with Crippen molar-refractivity contribution in [3.8, 4) is 11.5 Å². The van der Waals surface area contributed by atoms with Gasteiger partial charge in [0.1, 0.15) is 10.8 Å². The minimum absolute atomic E-state index is 0.0333. The number of nitrogens with zero attached hydrogens (tertiary/aromatic N) is 2. The number of furan rings is 1. The largest absolute Gasteiger partial charge is 0.493 e. The second-order valence-electron chi connectivity index (χ2n) is 6.35. The molecule has 0 unspecified atom stereocenters. The molecule has 0 atom stereocenters. The molecule has 0 aliphatic rings. The van der Waals surface area contributed by atoms with E-state index in [2.05, 4.69) is 0 Å². The van der Waals surface area contributed by atoms with Crippen LogP contribution < -0.4 is 9.47 Å². The van der Waals surface area contributed by atoms with Crippen LogP contribution >= 0.6 is 11.6 Å². The van der Waals surface area contributed by atoms with Gasteiger partial charge in [0, 0.05) is 18.2 Å². The number of methoxy groups -OCH3 is 2. The number of rotatable bonds is 8. The normalized spacial score (nSPS) is 10.5. The number of hydrogen-bond acceptors (Lipinski definition) is 6. The second kappa shape index (κ2) is 9.32. The Morgan fingerprint density at radius 3 is 2.50 bits per heavy atom. The summed E-state index contributed by atoms with van der Waals surface area (Å²) in [7, 11) is 3.07. The summed E-state index contributed by atoms with van der Waals surface area (Å²) in [5, 5.41) is 11.2. The lowest BCUT2D eigenvalue weighted by Gasteiger charge is -2.22. The fourth-order valence-corrected chi connectivity index (χ4v) is 3.14. The molecule has 30 heavy (non-hydrogen) atoms. The minimum Gasteiger partial charge on any atom is -0.493 e. The quantitative estimate of drug-likeness (QED) is 0.379. The molecule has 0 saturated carbocycles. The van der Waals surface area contributed by atoms with Gasteiger partial charge in [0.25, 0.3) is 11.6 Å². The van der Waals surface area contributed by atoms with Gasteiger partial charge in [0.05, 0.1) is 32.0 Å². The first-order chi connectivity index (χ1) is 14.4. The van der Waals surface area contributed by atoms with Crippen molar-refractivity contribution in [2.45, 2.75) is 13.1 Å². The molecule has 0 saturated heterocycles. The lowest BCUT2D eigenvalue weighted by atomic mass is 10.1. The molecule has 1 aromatic heterocycles. The Kier molecular flexibility index (Phi) is 6.58. The fourth-order valence-electron chi connectivity index (χ4n) is 2.96. The zero-order valence-corrected chi connectivity index (χ0v) is 17.1. The number of nitro benzene ring substituents is 1. The van der Waals surface area contributed by atoms with Crippen LogP contribution in [0.5, 0.6) is 11.5 Å². The summed E-state index contributed by atoms with van der Waals surface area (Å²) in [5.74, 6) is 1.27. The first-order valence-corrected chi connectivity index (χ1v) is 9.27. The van der Waals surface area contributed by atoms with E-state index in [-0.39, 0.29) is 29.4 Å². The number of carbonyl (C=O) groups is 1. The third-order valence-corrected chi connectivity index (χ3v) is 4.74. The first-order valence-electron chi connectivity index (χ1n) is 8.89. The number of halogens is 1. The Morgan fingerprint density at radius 2 is 1.87 bits per heavy atom. The van der Waals surface area contributed by atoms with Crippen LogP contribution in [0, 0.1) is 10.1 Å². The van der Waals surface area contributed by atoms with Gasteiger partial charge in [0.15, 0.2) is 11.5 Å². The van der Waals surface area contributed by atoms with Gasteiger partial charge in [-0.15, -0.1) is 0 Å². The number of nitro groups is 1. The SMILES string of the molecule is COc1ccc(CN(Cc2ccco2)C(=O)c2ccc(Cl)c([N+](=O)[O-])c2)cc1OC. The molecule has 0 aliphatic carbocycles. The topological polar surface area (TPSA) is 95.0 Å². The Balaban J connectivity index is 1.94. The summed E-state index contributed by atoms with van der Waals surface area (Å²) in [4.78, 5) is 25.3. The van der Waals surface area contributed by atoms with Gasteiger partial charge in [-0.3, -0.25) is 14.9 Å². The van der Waals surface area contributed by atoms with E-state index in [4.69, 9.17) is 25.5 Å². The fraction of sp³-hybridized carbons (Fsp3) is 0.190. The molecule has 0 aliphatic heterocycles. The summed E-state index contributed by atoms with van der Waals surface area (Å²) in [6, 6.07) is 12.8. The average Bonchev–Trinajstić information content (AvgIpc) is 3.26. The molecule has 156 valence electrons. The number of benzene rings is 2. The molecule has 9 heteroatoms. The number of amides is 1. The summed E-state index contributed by atoms with van der Waals surface area (Å²) < 4.78 is 16.0. The van der Waals surface area contributed by atoms with E-state index in [0.29, 0.717) is 17.3 Å². The molecule has 3 rings (SSSR count). The molecule has 0 spiro atoms. The molecule has 1 heterocycles. The van der Waals surface area contributed by atoms with Gasteiger partial charge in [-0.1, -0.05) is 17.7 Å². The summed E-state index contributed by atoms with van der Waals surface area (Å²) in [6.45, 7) is 0.396. The Labute approximate surface area is 177 Å². The number of ether oxygens (including phenoxy) is 2. The third kappa shape index (κ3) is 4.72. The highest BCUT2D eigenvalue weighted by molar-refractivity contribution is 6.32. The van der Waals surface area contributed by atoms with Crippen LogP contribution in [0.2, 0.25) is 5.02 Å². The van der Waals surface area contributed by atoms with E-state index >= 15 is 0 Å². The number of hydrogen-bond donors (Lipinski definition) is 0. The molecule has 0 N–H and O–H groups in total. The zero-order valence-electron chi connectivity index (χ0n) is 16.3. The molecular formula is C21H19ClN2O6. The van der Waals surface area contributed by atoms with E-state index < -0.39 is 10.8 Å². The molecule has 1 amide bonds. The molecule has 0 radical (unpaired) electrons. The highest BCUT2D eigenvalue weighted by Gasteiger charge is 2.22. The Morgan fingerprint density at radius 1 is 1.10 bits per heavy atom. The maximum atomic E-state index is 13.2. The smallest absolute Gasteiger partial charge is 0.288 e. The molecule has 8 nitrogen and oxygen atoms in total. The van der Waals surface area contributed by atoms with Crippen molar-refractivity contribution in [3.63, 3.8) is 0 Å². The van der Waals surface area contributed by atoms with Crippen molar-refractivity contribution in [3.05, 3.63) is 86.8 Å². The summed E-state index contributed by atoms with van der Waals surface area (Å²) >= 11 is 5.87. The predicted molar refractivity (Wildman–Crippen MR) is 110 cm³/mol. The molecule has 0 bridgehead atoms. The van der Waals surface area contributed by atoms with Gasteiger partial charge >= 0.3 is 0 Å². The maximum Gasteiger partial charge on any atom is 0.288 e. The molecular weight excluding hydrogens is 412 g/mol. The first kappa shape index (κ1) is 21.2. The lowest BCUT2D eigenvalue weighted by Crippen LogP contribution is -2.30. The molecule has 3 aromatic rings. The van der Waals surface area contributed by atoms with Crippen LogP contribution in [0.4, 0.5) is 5.69 Å². The lowest BCUT2D eigenvalue weighted by molar-refractivity contribution is -0.384. The van der Waals surface area contributed by atoms with E-state index in [0.717, 1.165) is 5.56 Å². The van der Waals surface area contributed by atoms with Crippen molar-refractivity contribution in [1.29, 1.82) is 0 Å². The van der Waals surface area contributed by atoms with Crippen LogP contribution in [0.25, 0.3) is 0 Å². The van der Waals surface area contributed by atoms with E-state index in [1.165, 1.54) is 43.6 Å². The van der Waals surface area contributed by atoms with E-state index in [1.54, 1.807) is 24.3 Å². The van der Waals surface area contributed by atoms with Crippen molar-refractivity contribution in [1.82, 2.24) is 4.90 Å². The number of carbonyl (C=O) groups excluding carboxylic acids is 1. The van der Waals surface area contributed by atoms with E-state index in [1.807, 2.05) is 6.07 Å². The minimum atomic E-state index is -0.621. The summed E-state index contributed by atoms with van der Waals surface area (Å²) in [5.41, 5.74) is 0.612. The Bertz CT molecular complexity index is 1050. The van der Waals surface area contributed by atoms with Crippen LogP contribution in [0.3, 0.4) is 0 Å². The van der Waals surface area contributed by atoms with Crippen LogP contribution in [0.1, 0.15) is 21.7 Å². The molecule has 2 aromatic carbocycles. The highest BCUT2D eigenvalue weighted by atomic mass is 35.5.